The van der Waals surface area contributed by atoms with Crippen molar-refractivity contribution in [2.24, 2.45) is 5.92 Å². The van der Waals surface area contributed by atoms with Crippen LogP contribution in [0, 0.1) is 5.92 Å². The summed E-state index contributed by atoms with van der Waals surface area (Å²) in [6, 6.07) is -0.143. The lowest BCUT2D eigenvalue weighted by Crippen LogP contribution is -2.38. The molecular weight excluding hydrogens is 312 g/mol. The summed E-state index contributed by atoms with van der Waals surface area (Å²) in [4.78, 5) is 34.7. The SMILES string of the molecule is COC(=O)C(Cl)=C(NC1CC1)C(C(=O)OC)C(=O)C(F)F. The number of nitrogens with one attached hydrogen (secondary N) is 1. The summed E-state index contributed by atoms with van der Waals surface area (Å²) in [5.74, 6) is -5.98. The lowest BCUT2D eigenvalue weighted by molar-refractivity contribution is -0.151. The minimum Gasteiger partial charge on any atom is -0.468 e. The Labute approximate surface area is 124 Å². The van der Waals surface area contributed by atoms with Crippen LogP contribution in [0.25, 0.3) is 0 Å². The van der Waals surface area contributed by atoms with E-state index >= 15 is 0 Å². The second-order valence-electron chi connectivity index (χ2n) is 4.30. The van der Waals surface area contributed by atoms with Crippen LogP contribution in [0.1, 0.15) is 12.8 Å². The van der Waals surface area contributed by atoms with E-state index in [1.807, 2.05) is 0 Å². The van der Waals surface area contributed by atoms with Crippen LogP contribution in [0.3, 0.4) is 0 Å². The first-order valence-corrected chi connectivity index (χ1v) is 6.35. The molecule has 0 spiro atoms. The maximum absolute atomic E-state index is 12.7. The number of ketones is 1. The average molecular weight is 326 g/mol. The molecule has 1 unspecified atom stereocenters. The van der Waals surface area contributed by atoms with Gasteiger partial charge in [-0.15, -0.1) is 0 Å². The molecule has 0 bridgehead atoms. The zero-order valence-electron chi connectivity index (χ0n) is 11.3. The van der Waals surface area contributed by atoms with Gasteiger partial charge in [-0.05, 0) is 12.8 Å². The Bertz CT molecular complexity index is 476. The largest absolute Gasteiger partial charge is 0.468 e. The van der Waals surface area contributed by atoms with E-state index in [1.165, 1.54) is 0 Å². The average Bonchev–Trinajstić information content (AvgIpc) is 3.28. The number of hydrogen-bond acceptors (Lipinski definition) is 6. The highest BCUT2D eigenvalue weighted by Gasteiger charge is 2.41. The topological polar surface area (TPSA) is 81.7 Å². The van der Waals surface area contributed by atoms with Crippen molar-refractivity contribution >= 4 is 29.3 Å². The van der Waals surface area contributed by atoms with E-state index in [0.717, 1.165) is 14.2 Å². The summed E-state index contributed by atoms with van der Waals surface area (Å²) < 4.78 is 34.1. The van der Waals surface area contributed by atoms with Crippen molar-refractivity contribution in [1.29, 1.82) is 0 Å². The molecule has 1 saturated carbocycles. The lowest BCUT2D eigenvalue weighted by atomic mass is 9.99. The van der Waals surface area contributed by atoms with E-state index in [2.05, 4.69) is 14.8 Å². The van der Waals surface area contributed by atoms with Crippen LogP contribution in [0.4, 0.5) is 8.78 Å². The number of halogens is 3. The Morgan fingerprint density at radius 3 is 2.14 bits per heavy atom. The minimum absolute atomic E-state index is 0.143. The fraction of sp³-hybridized carbons (Fsp3) is 0.583. The highest BCUT2D eigenvalue weighted by molar-refractivity contribution is 6.42. The first-order chi connectivity index (χ1) is 9.83. The van der Waals surface area contributed by atoms with Gasteiger partial charge >= 0.3 is 11.9 Å². The van der Waals surface area contributed by atoms with Gasteiger partial charge in [0.15, 0.2) is 5.92 Å². The number of rotatable bonds is 7. The molecule has 0 aliphatic heterocycles. The van der Waals surface area contributed by atoms with Crippen molar-refractivity contribution in [3.63, 3.8) is 0 Å². The molecule has 0 heterocycles. The zero-order chi connectivity index (χ0) is 16.2. The van der Waals surface area contributed by atoms with Crippen molar-refractivity contribution in [3.05, 3.63) is 10.7 Å². The standard InChI is InChI=1S/C12H14ClF2NO5/c1-20-11(18)6(9(17)10(14)15)8(16-5-3-4-5)7(13)12(19)21-2/h5-6,10,16H,3-4H2,1-2H3. The van der Waals surface area contributed by atoms with E-state index in [4.69, 9.17) is 11.6 Å². The maximum atomic E-state index is 12.7. The number of carbonyl (C=O) groups excluding carboxylic acids is 3. The lowest BCUT2D eigenvalue weighted by Gasteiger charge is -2.19. The van der Waals surface area contributed by atoms with Gasteiger partial charge in [-0.1, -0.05) is 11.6 Å². The van der Waals surface area contributed by atoms with Gasteiger partial charge in [0.1, 0.15) is 5.03 Å². The van der Waals surface area contributed by atoms with Crippen molar-refractivity contribution in [3.8, 4) is 0 Å². The number of ether oxygens (including phenoxy) is 2. The van der Waals surface area contributed by atoms with Crippen molar-refractivity contribution in [2.75, 3.05) is 14.2 Å². The maximum Gasteiger partial charge on any atom is 0.351 e. The molecule has 9 heteroatoms. The molecule has 1 aliphatic rings. The molecule has 1 N–H and O–H groups in total. The molecule has 1 fully saturated rings. The summed E-state index contributed by atoms with van der Waals surface area (Å²) in [5, 5.41) is 2.02. The number of methoxy groups -OCH3 is 2. The van der Waals surface area contributed by atoms with Gasteiger partial charge in [0.2, 0.25) is 5.78 Å². The summed E-state index contributed by atoms with van der Waals surface area (Å²) >= 11 is 5.75. The van der Waals surface area contributed by atoms with Gasteiger partial charge in [0, 0.05) is 6.04 Å². The summed E-state index contributed by atoms with van der Waals surface area (Å²) in [5.41, 5.74) is -0.414. The van der Waals surface area contributed by atoms with Crippen LogP contribution in [-0.4, -0.2) is 44.4 Å². The van der Waals surface area contributed by atoms with Crippen LogP contribution in [0.5, 0.6) is 0 Å². The summed E-state index contributed by atoms with van der Waals surface area (Å²) in [7, 11) is 1.97. The number of hydrogen-bond donors (Lipinski definition) is 1. The van der Waals surface area contributed by atoms with Gasteiger partial charge in [-0.25, -0.2) is 13.6 Å². The third-order valence-corrected chi connectivity index (χ3v) is 3.12. The molecule has 118 valence electrons. The molecule has 0 aromatic rings. The number of carbonyl (C=O) groups is 3. The van der Waals surface area contributed by atoms with Crippen LogP contribution in [0.15, 0.2) is 10.7 Å². The fourth-order valence-electron chi connectivity index (χ4n) is 1.54. The first-order valence-electron chi connectivity index (χ1n) is 5.97. The van der Waals surface area contributed by atoms with E-state index in [0.29, 0.717) is 12.8 Å². The molecule has 1 atom stereocenters. The van der Waals surface area contributed by atoms with Crippen LogP contribution >= 0.6 is 11.6 Å². The van der Waals surface area contributed by atoms with Gasteiger partial charge in [0.05, 0.1) is 19.9 Å². The molecule has 0 aromatic carbocycles. The molecule has 6 nitrogen and oxygen atoms in total. The molecule has 21 heavy (non-hydrogen) atoms. The minimum atomic E-state index is -3.41. The van der Waals surface area contributed by atoms with Gasteiger partial charge in [0.25, 0.3) is 6.43 Å². The molecule has 1 aliphatic carbocycles. The smallest absolute Gasteiger partial charge is 0.351 e. The van der Waals surface area contributed by atoms with Crippen molar-refractivity contribution in [2.45, 2.75) is 25.3 Å². The Kier molecular flexibility index (Phi) is 6.07. The molecule has 1 rings (SSSR count). The Balaban J connectivity index is 3.25. The Morgan fingerprint density at radius 2 is 1.76 bits per heavy atom. The van der Waals surface area contributed by atoms with E-state index in [9.17, 15) is 23.2 Å². The first kappa shape index (κ1) is 17.4. The van der Waals surface area contributed by atoms with Crippen LogP contribution in [0.2, 0.25) is 0 Å². The van der Waals surface area contributed by atoms with Crippen LogP contribution < -0.4 is 5.32 Å². The number of esters is 2. The highest BCUT2D eigenvalue weighted by Crippen LogP contribution is 2.28. The highest BCUT2D eigenvalue weighted by atomic mass is 35.5. The molecule has 0 radical (unpaired) electrons. The zero-order valence-corrected chi connectivity index (χ0v) is 12.1. The van der Waals surface area contributed by atoms with Gasteiger partial charge in [-0.3, -0.25) is 9.59 Å². The molecular formula is C12H14ClF2NO5. The van der Waals surface area contributed by atoms with Gasteiger partial charge in [-0.2, -0.15) is 0 Å². The third-order valence-electron chi connectivity index (χ3n) is 2.76. The van der Waals surface area contributed by atoms with Crippen molar-refractivity contribution < 1.29 is 32.6 Å². The van der Waals surface area contributed by atoms with Gasteiger partial charge < -0.3 is 14.8 Å². The Hall–Kier alpha value is -1.70. The fourth-order valence-corrected chi connectivity index (χ4v) is 1.78. The summed E-state index contributed by atoms with van der Waals surface area (Å²) in [6.45, 7) is 0. The molecule has 0 amide bonds. The number of alkyl halides is 2. The second-order valence-corrected chi connectivity index (χ2v) is 4.68. The number of Topliss-reactive ketones (excluding diaryl/α,β-unsaturated/α-hetero) is 1. The quantitative estimate of drug-likeness (QED) is 0.427. The predicted octanol–water partition coefficient (Wildman–Crippen LogP) is 0.985. The molecule has 0 saturated heterocycles. The van der Waals surface area contributed by atoms with E-state index < -0.39 is 40.8 Å². The molecule has 0 aromatic heterocycles. The van der Waals surface area contributed by atoms with E-state index in [-0.39, 0.29) is 6.04 Å². The normalized spacial score (nSPS) is 16.9. The van der Waals surface area contributed by atoms with E-state index in [1.54, 1.807) is 0 Å². The summed E-state index contributed by atoms with van der Waals surface area (Å²) in [6.07, 6.45) is -2.01. The third kappa shape index (κ3) is 4.38. The predicted molar refractivity (Wildman–Crippen MR) is 67.6 cm³/mol. The van der Waals surface area contributed by atoms with Crippen LogP contribution in [-0.2, 0) is 23.9 Å². The monoisotopic (exact) mass is 325 g/mol. The van der Waals surface area contributed by atoms with Crippen molar-refractivity contribution in [1.82, 2.24) is 5.32 Å². The Morgan fingerprint density at radius 1 is 1.19 bits per heavy atom. The second kappa shape index (κ2) is 7.35.